The van der Waals surface area contributed by atoms with Gasteiger partial charge in [0.25, 0.3) is 0 Å². The average molecular weight is 387 g/mol. The van der Waals surface area contributed by atoms with Crippen molar-refractivity contribution in [3.8, 4) is 11.3 Å². The van der Waals surface area contributed by atoms with Gasteiger partial charge in [0.2, 0.25) is 5.28 Å². The summed E-state index contributed by atoms with van der Waals surface area (Å²) in [7, 11) is 0. The van der Waals surface area contributed by atoms with Crippen molar-refractivity contribution in [1.82, 2.24) is 9.97 Å². The van der Waals surface area contributed by atoms with Crippen LogP contribution in [-0.4, -0.2) is 9.97 Å². The number of furan rings is 1. The topological polar surface area (TPSA) is 38.9 Å². The Morgan fingerprint density at radius 3 is 2.48 bits per heavy atom. The second kappa shape index (κ2) is 5.52. The molecule has 0 aliphatic rings. The van der Waals surface area contributed by atoms with Crippen molar-refractivity contribution < 1.29 is 4.42 Å². The largest absolute Gasteiger partial charge is 0.456 e. The Kier molecular flexibility index (Phi) is 3.10. The normalized spacial score (nSPS) is 11.9. The Bertz CT molecular complexity index is 1500. The van der Waals surface area contributed by atoms with Gasteiger partial charge in [-0.15, -0.1) is 11.3 Å². The van der Waals surface area contributed by atoms with E-state index in [4.69, 9.17) is 16.0 Å². The lowest BCUT2D eigenvalue weighted by Crippen LogP contribution is -1.89. The second-order valence-electron chi connectivity index (χ2n) is 6.43. The van der Waals surface area contributed by atoms with E-state index in [1.807, 2.05) is 42.5 Å². The third kappa shape index (κ3) is 2.21. The van der Waals surface area contributed by atoms with Crippen molar-refractivity contribution >= 4 is 65.2 Å². The molecule has 0 fully saturated rings. The summed E-state index contributed by atoms with van der Waals surface area (Å²) in [6, 6.07) is 22.5. The number of aromatic nitrogens is 2. The first-order valence-corrected chi connectivity index (χ1v) is 9.74. The molecule has 3 aromatic heterocycles. The van der Waals surface area contributed by atoms with E-state index in [1.165, 1.54) is 4.70 Å². The maximum Gasteiger partial charge on any atom is 0.224 e. The number of nitrogens with zero attached hydrogens (tertiary/aromatic N) is 2. The molecular weight excluding hydrogens is 376 g/mol. The molecule has 0 radical (unpaired) electrons. The van der Waals surface area contributed by atoms with Crippen LogP contribution >= 0.6 is 22.9 Å². The van der Waals surface area contributed by atoms with Crippen LogP contribution in [0.5, 0.6) is 0 Å². The molecule has 0 bridgehead atoms. The molecule has 0 unspecified atom stereocenters. The van der Waals surface area contributed by atoms with Gasteiger partial charge in [0.1, 0.15) is 16.0 Å². The average Bonchev–Trinajstić information content (AvgIpc) is 3.24. The van der Waals surface area contributed by atoms with Gasteiger partial charge in [-0.3, -0.25) is 0 Å². The maximum atomic E-state index is 6.26. The Hall–Kier alpha value is -2.95. The van der Waals surface area contributed by atoms with Crippen LogP contribution < -0.4 is 0 Å². The molecule has 0 aliphatic heterocycles. The first-order valence-electron chi connectivity index (χ1n) is 8.54. The van der Waals surface area contributed by atoms with Crippen molar-refractivity contribution in [2.45, 2.75) is 0 Å². The van der Waals surface area contributed by atoms with E-state index in [1.54, 1.807) is 11.3 Å². The van der Waals surface area contributed by atoms with Gasteiger partial charge in [-0.2, -0.15) is 0 Å². The number of fused-ring (bicyclic) bond motifs is 6. The summed E-state index contributed by atoms with van der Waals surface area (Å²) in [5, 5.41) is 4.64. The first-order chi connectivity index (χ1) is 13.3. The Morgan fingerprint density at radius 1 is 0.778 bits per heavy atom. The van der Waals surface area contributed by atoms with Gasteiger partial charge in [-0.1, -0.05) is 36.4 Å². The molecule has 27 heavy (non-hydrogen) atoms. The zero-order valence-electron chi connectivity index (χ0n) is 13.9. The molecule has 0 saturated carbocycles. The lowest BCUT2D eigenvalue weighted by atomic mass is 10.0. The summed E-state index contributed by atoms with van der Waals surface area (Å²) in [5.41, 5.74) is 3.62. The minimum atomic E-state index is 0.265. The predicted octanol–water partition coefficient (Wildman–Crippen LogP) is 7.06. The number of benzene rings is 3. The van der Waals surface area contributed by atoms with E-state index in [2.05, 4.69) is 34.2 Å². The minimum absolute atomic E-state index is 0.265. The maximum absolute atomic E-state index is 6.26. The van der Waals surface area contributed by atoms with Gasteiger partial charge < -0.3 is 4.42 Å². The molecule has 5 heteroatoms. The van der Waals surface area contributed by atoms with Crippen LogP contribution in [0.25, 0.3) is 53.5 Å². The van der Waals surface area contributed by atoms with E-state index >= 15 is 0 Å². The fraction of sp³-hybridized carbons (Fsp3) is 0. The summed E-state index contributed by atoms with van der Waals surface area (Å²) >= 11 is 7.90. The molecule has 0 spiro atoms. The molecule has 128 valence electrons. The molecule has 0 atom stereocenters. The van der Waals surface area contributed by atoms with Crippen LogP contribution in [0.3, 0.4) is 0 Å². The number of rotatable bonds is 1. The zero-order chi connectivity index (χ0) is 18.0. The van der Waals surface area contributed by atoms with Gasteiger partial charge in [0.05, 0.1) is 5.69 Å². The molecule has 6 aromatic rings. The third-order valence-electron chi connectivity index (χ3n) is 4.86. The number of hydrogen-bond acceptors (Lipinski definition) is 4. The zero-order valence-corrected chi connectivity index (χ0v) is 15.5. The van der Waals surface area contributed by atoms with Crippen LogP contribution in [0.1, 0.15) is 0 Å². The van der Waals surface area contributed by atoms with Crippen LogP contribution in [0.15, 0.2) is 71.1 Å². The summed E-state index contributed by atoms with van der Waals surface area (Å²) in [6.07, 6.45) is 0. The highest BCUT2D eigenvalue weighted by atomic mass is 35.5. The molecule has 0 amide bonds. The summed E-state index contributed by atoms with van der Waals surface area (Å²) in [4.78, 5) is 9.96. The highest BCUT2D eigenvalue weighted by Crippen LogP contribution is 2.40. The highest BCUT2D eigenvalue weighted by Gasteiger charge is 2.16. The minimum Gasteiger partial charge on any atom is -0.456 e. The van der Waals surface area contributed by atoms with E-state index in [0.29, 0.717) is 0 Å². The second-order valence-corrected chi connectivity index (χ2v) is 7.80. The van der Waals surface area contributed by atoms with E-state index in [-0.39, 0.29) is 5.28 Å². The molecule has 3 heterocycles. The van der Waals surface area contributed by atoms with Crippen LogP contribution in [0.2, 0.25) is 5.28 Å². The number of para-hydroxylation sites is 1. The van der Waals surface area contributed by atoms with Crippen molar-refractivity contribution in [2.75, 3.05) is 0 Å². The monoisotopic (exact) mass is 386 g/mol. The molecule has 3 aromatic carbocycles. The van der Waals surface area contributed by atoms with Crippen molar-refractivity contribution in [3.63, 3.8) is 0 Å². The Morgan fingerprint density at radius 2 is 1.56 bits per heavy atom. The van der Waals surface area contributed by atoms with Crippen LogP contribution in [-0.2, 0) is 0 Å². The third-order valence-corrected chi connectivity index (χ3v) is 6.10. The lowest BCUT2D eigenvalue weighted by molar-refractivity contribution is 0.669. The SMILES string of the molecule is Clc1nc(-c2ccc3oc4ccccc4c3c2)c2c(n1)sc1ccccc12. The van der Waals surface area contributed by atoms with E-state index < -0.39 is 0 Å². The van der Waals surface area contributed by atoms with Crippen LogP contribution in [0, 0.1) is 0 Å². The lowest BCUT2D eigenvalue weighted by Gasteiger charge is -2.04. The molecular formula is C22H11ClN2OS. The van der Waals surface area contributed by atoms with E-state index in [9.17, 15) is 0 Å². The van der Waals surface area contributed by atoms with Gasteiger partial charge >= 0.3 is 0 Å². The molecule has 0 saturated heterocycles. The summed E-state index contributed by atoms with van der Waals surface area (Å²) in [6.45, 7) is 0. The van der Waals surface area contributed by atoms with Gasteiger partial charge in [0.15, 0.2) is 0 Å². The van der Waals surface area contributed by atoms with Gasteiger partial charge in [-0.05, 0) is 41.9 Å². The van der Waals surface area contributed by atoms with E-state index in [0.717, 1.165) is 48.8 Å². The predicted molar refractivity (Wildman–Crippen MR) is 113 cm³/mol. The number of halogens is 1. The van der Waals surface area contributed by atoms with Gasteiger partial charge in [-0.25, -0.2) is 9.97 Å². The Balaban J connectivity index is 1.73. The van der Waals surface area contributed by atoms with Crippen molar-refractivity contribution in [1.29, 1.82) is 0 Å². The Labute approximate surface area is 162 Å². The van der Waals surface area contributed by atoms with Crippen molar-refractivity contribution in [2.24, 2.45) is 0 Å². The smallest absolute Gasteiger partial charge is 0.224 e. The number of thiophene rings is 1. The summed E-state index contributed by atoms with van der Waals surface area (Å²) in [5.74, 6) is 0. The van der Waals surface area contributed by atoms with Crippen molar-refractivity contribution in [3.05, 3.63) is 72.0 Å². The van der Waals surface area contributed by atoms with Crippen LogP contribution in [0.4, 0.5) is 0 Å². The molecule has 3 nitrogen and oxygen atoms in total. The molecule has 0 aliphatic carbocycles. The number of hydrogen-bond donors (Lipinski definition) is 0. The highest BCUT2D eigenvalue weighted by molar-refractivity contribution is 7.25. The molecule has 6 rings (SSSR count). The fourth-order valence-electron chi connectivity index (χ4n) is 3.68. The standard InChI is InChI=1S/C22H11ClN2OS/c23-22-24-20(19-14-6-2-4-8-18(14)27-21(19)25-22)12-9-10-17-15(11-12)13-5-1-3-7-16(13)26-17/h1-11H. The molecule has 0 N–H and O–H groups in total. The first kappa shape index (κ1) is 15.1. The fourth-order valence-corrected chi connectivity index (χ4v) is 4.97. The summed E-state index contributed by atoms with van der Waals surface area (Å²) < 4.78 is 7.13. The quantitative estimate of drug-likeness (QED) is 0.284. The van der Waals surface area contributed by atoms with Gasteiger partial charge in [0, 0.05) is 31.8 Å².